The highest BCUT2D eigenvalue weighted by molar-refractivity contribution is 5.96. The number of aromatic nitrogens is 1. The van der Waals surface area contributed by atoms with Crippen LogP contribution in [0.4, 0.5) is 27.6 Å². The third-order valence-corrected chi connectivity index (χ3v) is 1.56. The molecule has 0 saturated heterocycles. The number of amides is 1. The number of alkyl halides is 5. The van der Waals surface area contributed by atoms with E-state index in [1.165, 1.54) is 17.6 Å². The Morgan fingerprint density at radius 3 is 2.31 bits per heavy atom. The van der Waals surface area contributed by atoms with Crippen LogP contribution in [-0.2, 0) is 4.79 Å². The molecule has 1 aromatic heterocycles. The standard InChI is InChI=1S/C8H5F5N2O/c9-7(10,8(11,12)13)6(16)15-5-2-1-3-14-4-5/h1-4H,(H,15,16). The summed E-state index contributed by atoms with van der Waals surface area (Å²) in [7, 11) is 0. The molecular weight excluding hydrogens is 235 g/mol. The van der Waals surface area contributed by atoms with Gasteiger partial charge in [-0.15, -0.1) is 0 Å². The highest BCUT2D eigenvalue weighted by Gasteiger charge is 2.63. The molecule has 0 fully saturated rings. The second kappa shape index (κ2) is 4.03. The van der Waals surface area contributed by atoms with E-state index in [9.17, 15) is 26.7 Å². The molecule has 0 bridgehead atoms. The summed E-state index contributed by atoms with van der Waals surface area (Å²) in [6.07, 6.45) is -3.69. The molecule has 8 heteroatoms. The van der Waals surface area contributed by atoms with Crippen molar-refractivity contribution >= 4 is 11.6 Å². The Kier molecular flexibility index (Phi) is 3.11. The quantitative estimate of drug-likeness (QED) is 0.805. The third kappa shape index (κ3) is 2.44. The van der Waals surface area contributed by atoms with Crippen LogP contribution in [0.2, 0.25) is 0 Å². The van der Waals surface area contributed by atoms with Gasteiger partial charge in [-0.2, -0.15) is 22.0 Å². The van der Waals surface area contributed by atoms with Gasteiger partial charge in [0.15, 0.2) is 0 Å². The Balaban J connectivity index is 2.81. The van der Waals surface area contributed by atoms with Gasteiger partial charge in [0.2, 0.25) is 0 Å². The number of nitrogens with one attached hydrogen (secondary N) is 1. The van der Waals surface area contributed by atoms with Crippen LogP contribution in [0.5, 0.6) is 0 Å². The van der Waals surface area contributed by atoms with Gasteiger partial charge >= 0.3 is 18.0 Å². The molecule has 1 amide bonds. The Bertz CT molecular complexity index is 376. The monoisotopic (exact) mass is 240 g/mol. The first kappa shape index (κ1) is 12.3. The maximum Gasteiger partial charge on any atom is 0.463 e. The second-order valence-electron chi connectivity index (χ2n) is 2.77. The number of pyridine rings is 1. The molecule has 0 spiro atoms. The van der Waals surface area contributed by atoms with Gasteiger partial charge < -0.3 is 5.32 Å². The topological polar surface area (TPSA) is 42.0 Å². The van der Waals surface area contributed by atoms with Crippen molar-refractivity contribution in [1.82, 2.24) is 4.98 Å². The molecule has 0 radical (unpaired) electrons. The fourth-order valence-electron chi connectivity index (χ4n) is 0.775. The zero-order chi connectivity index (χ0) is 12.4. The molecule has 1 heterocycles. The Morgan fingerprint density at radius 2 is 1.88 bits per heavy atom. The van der Waals surface area contributed by atoms with Gasteiger partial charge in [-0.25, -0.2) is 0 Å². The van der Waals surface area contributed by atoms with Gasteiger partial charge in [0.25, 0.3) is 0 Å². The molecule has 16 heavy (non-hydrogen) atoms. The van der Waals surface area contributed by atoms with Gasteiger partial charge in [-0.05, 0) is 12.1 Å². The van der Waals surface area contributed by atoms with E-state index in [0.29, 0.717) is 0 Å². The lowest BCUT2D eigenvalue weighted by Crippen LogP contribution is -2.47. The molecule has 0 aliphatic heterocycles. The van der Waals surface area contributed by atoms with Crippen molar-refractivity contribution in [3.63, 3.8) is 0 Å². The van der Waals surface area contributed by atoms with E-state index in [0.717, 1.165) is 12.3 Å². The summed E-state index contributed by atoms with van der Waals surface area (Å²) < 4.78 is 60.2. The molecule has 1 N–H and O–H groups in total. The van der Waals surface area contributed by atoms with Crippen molar-refractivity contribution in [3.05, 3.63) is 24.5 Å². The normalized spacial score (nSPS) is 12.3. The summed E-state index contributed by atoms with van der Waals surface area (Å²) in [4.78, 5) is 14.1. The van der Waals surface area contributed by atoms with Crippen LogP contribution in [0.15, 0.2) is 24.5 Å². The largest absolute Gasteiger partial charge is 0.463 e. The summed E-state index contributed by atoms with van der Waals surface area (Å²) in [6, 6.07) is 2.42. The lowest BCUT2D eigenvalue weighted by Gasteiger charge is -2.18. The number of nitrogens with zero attached hydrogens (tertiary/aromatic N) is 1. The molecule has 88 valence electrons. The fraction of sp³-hybridized carbons (Fsp3) is 0.250. The molecule has 0 aromatic carbocycles. The number of rotatable bonds is 2. The van der Waals surface area contributed by atoms with Crippen LogP contribution < -0.4 is 5.32 Å². The van der Waals surface area contributed by atoms with E-state index in [2.05, 4.69) is 4.98 Å². The number of hydrogen-bond acceptors (Lipinski definition) is 2. The minimum absolute atomic E-state index is 0.239. The highest BCUT2D eigenvalue weighted by atomic mass is 19.4. The van der Waals surface area contributed by atoms with Gasteiger partial charge in [-0.1, -0.05) is 0 Å². The van der Waals surface area contributed by atoms with E-state index in [4.69, 9.17) is 0 Å². The predicted octanol–water partition coefficient (Wildman–Crippen LogP) is 2.22. The average molecular weight is 240 g/mol. The molecule has 0 saturated carbocycles. The average Bonchev–Trinajstić information content (AvgIpc) is 2.17. The summed E-state index contributed by atoms with van der Waals surface area (Å²) in [6.45, 7) is 0. The number of carbonyl (C=O) groups is 1. The first-order valence-electron chi connectivity index (χ1n) is 3.91. The minimum Gasteiger partial charge on any atom is -0.319 e. The van der Waals surface area contributed by atoms with Gasteiger partial charge in [-0.3, -0.25) is 9.78 Å². The van der Waals surface area contributed by atoms with Crippen molar-refractivity contribution in [3.8, 4) is 0 Å². The van der Waals surface area contributed by atoms with Crippen LogP contribution in [0.1, 0.15) is 0 Å². The van der Waals surface area contributed by atoms with Crippen molar-refractivity contribution in [2.45, 2.75) is 12.1 Å². The van der Waals surface area contributed by atoms with Crippen LogP contribution in [-0.4, -0.2) is 23.0 Å². The number of anilines is 1. The zero-order valence-corrected chi connectivity index (χ0v) is 7.55. The van der Waals surface area contributed by atoms with E-state index < -0.39 is 18.0 Å². The van der Waals surface area contributed by atoms with Crippen molar-refractivity contribution < 1.29 is 26.7 Å². The van der Waals surface area contributed by atoms with E-state index in [-0.39, 0.29) is 5.69 Å². The van der Waals surface area contributed by atoms with Crippen molar-refractivity contribution in [2.75, 3.05) is 5.32 Å². The predicted molar refractivity (Wildman–Crippen MR) is 43.9 cm³/mol. The molecule has 1 rings (SSSR count). The maximum absolute atomic E-state index is 12.5. The number of carbonyl (C=O) groups excluding carboxylic acids is 1. The van der Waals surface area contributed by atoms with E-state index in [1.807, 2.05) is 0 Å². The lowest BCUT2D eigenvalue weighted by molar-refractivity contribution is -0.267. The van der Waals surface area contributed by atoms with Gasteiger partial charge in [0.1, 0.15) is 0 Å². The maximum atomic E-state index is 12.5. The summed E-state index contributed by atoms with van der Waals surface area (Å²) in [5.41, 5.74) is -0.239. The Hall–Kier alpha value is -1.73. The van der Waals surface area contributed by atoms with E-state index in [1.54, 1.807) is 0 Å². The first-order chi connectivity index (χ1) is 7.25. The molecule has 3 nitrogen and oxygen atoms in total. The first-order valence-corrected chi connectivity index (χ1v) is 3.91. The molecule has 0 atom stereocenters. The molecular formula is C8H5F5N2O. The number of halogens is 5. The van der Waals surface area contributed by atoms with Crippen LogP contribution in [0.25, 0.3) is 0 Å². The van der Waals surface area contributed by atoms with E-state index >= 15 is 0 Å². The van der Waals surface area contributed by atoms with Gasteiger partial charge in [0, 0.05) is 6.20 Å². The fourth-order valence-corrected chi connectivity index (χ4v) is 0.775. The van der Waals surface area contributed by atoms with Crippen LogP contribution in [0.3, 0.4) is 0 Å². The summed E-state index contributed by atoms with van der Waals surface area (Å²) in [5, 5.41) is 1.42. The third-order valence-electron chi connectivity index (χ3n) is 1.56. The summed E-state index contributed by atoms with van der Waals surface area (Å²) >= 11 is 0. The SMILES string of the molecule is O=C(Nc1cccnc1)C(F)(F)C(F)(F)F. The smallest absolute Gasteiger partial charge is 0.319 e. The molecule has 0 unspecified atom stereocenters. The van der Waals surface area contributed by atoms with Crippen molar-refractivity contribution in [1.29, 1.82) is 0 Å². The van der Waals surface area contributed by atoms with Crippen LogP contribution >= 0.6 is 0 Å². The second-order valence-corrected chi connectivity index (χ2v) is 2.77. The van der Waals surface area contributed by atoms with Gasteiger partial charge in [0.05, 0.1) is 11.9 Å². The summed E-state index contributed by atoms with van der Waals surface area (Å²) in [5.74, 6) is -7.86. The Labute approximate surface area is 86.3 Å². The molecule has 0 aliphatic rings. The molecule has 0 aliphatic carbocycles. The number of hydrogen-bond donors (Lipinski definition) is 1. The highest BCUT2D eigenvalue weighted by Crippen LogP contribution is 2.36. The minimum atomic E-state index is -5.92. The molecule has 1 aromatic rings. The van der Waals surface area contributed by atoms with Crippen molar-refractivity contribution in [2.24, 2.45) is 0 Å². The Morgan fingerprint density at radius 1 is 1.25 bits per heavy atom. The zero-order valence-electron chi connectivity index (χ0n) is 7.55. The lowest BCUT2D eigenvalue weighted by atomic mass is 10.3. The van der Waals surface area contributed by atoms with Crippen LogP contribution in [0, 0.1) is 0 Å².